The highest BCUT2D eigenvalue weighted by Crippen LogP contribution is 2.29. The van der Waals surface area contributed by atoms with Gasteiger partial charge in [-0.3, -0.25) is 9.59 Å². The van der Waals surface area contributed by atoms with Gasteiger partial charge in [-0.1, -0.05) is 45.9 Å². The van der Waals surface area contributed by atoms with Gasteiger partial charge in [0.2, 0.25) is 5.56 Å². The topological polar surface area (TPSA) is 62.0 Å². The van der Waals surface area contributed by atoms with Crippen molar-refractivity contribution in [3.8, 4) is 0 Å². The second-order valence-corrected chi connectivity index (χ2v) is 8.75. The maximum atomic E-state index is 12.7. The maximum absolute atomic E-state index is 12.7. The summed E-state index contributed by atoms with van der Waals surface area (Å²) in [7, 11) is 0. The molecule has 1 amide bonds. The Balaban J connectivity index is 1.97. The van der Waals surface area contributed by atoms with Crippen molar-refractivity contribution in [3.63, 3.8) is 0 Å². The molecule has 0 unspecified atom stereocenters. The number of H-pyrrole nitrogens is 1. The van der Waals surface area contributed by atoms with Crippen molar-refractivity contribution < 1.29 is 4.79 Å². The minimum atomic E-state index is -0.153. The molecular weight excluding hydrogens is 356 g/mol. The van der Waals surface area contributed by atoms with Crippen LogP contribution in [-0.2, 0) is 5.41 Å². The van der Waals surface area contributed by atoms with Crippen molar-refractivity contribution in [2.75, 3.05) is 11.1 Å². The third-order valence-corrected chi connectivity index (χ3v) is 5.30. The molecule has 0 aliphatic carbocycles. The molecule has 0 radical (unpaired) electrons. The van der Waals surface area contributed by atoms with Crippen LogP contribution in [0.15, 0.2) is 58.2 Å². The highest BCUT2D eigenvalue weighted by atomic mass is 32.2. The first kappa shape index (κ1) is 19.2. The Bertz CT molecular complexity index is 1050. The van der Waals surface area contributed by atoms with E-state index in [4.69, 9.17) is 0 Å². The fourth-order valence-corrected chi connectivity index (χ4v) is 3.89. The smallest absolute Gasteiger partial charge is 0.256 e. The van der Waals surface area contributed by atoms with Gasteiger partial charge in [0, 0.05) is 22.0 Å². The first-order valence-corrected chi connectivity index (χ1v) is 9.99. The zero-order valence-corrected chi connectivity index (χ0v) is 16.9. The van der Waals surface area contributed by atoms with Gasteiger partial charge < -0.3 is 10.3 Å². The molecule has 0 saturated carbocycles. The van der Waals surface area contributed by atoms with Crippen LogP contribution in [0, 0.1) is 0 Å². The average molecular weight is 381 g/mol. The van der Waals surface area contributed by atoms with Gasteiger partial charge in [0.1, 0.15) is 0 Å². The van der Waals surface area contributed by atoms with E-state index in [1.807, 2.05) is 42.5 Å². The van der Waals surface area contributed by atoms with Crippen LogP contribution >= 0.6 is 11.8 Å². The molecule has 27 heavy (non-hydrogen) atoms. The van der Waals surface area contributed by atoms with E-state index >= 15 is 0 Å². The maximum Gasteiger partial charge on any atom is 0.256 e. The molecule has 2 N–H and O–H groups in total. The van der Waals surface area contributed by atoms with E-state index in [9.17, 15) is 9.59 Å². The van der Waals surface area contributed by atoms with Crippen LogP contribution in [0.1, 0.15) is 43.6 Å². The summed E-state index contributed by atoms with van der Waals surface area (Å²) in [4.78, 5) is 28.7. The van der Waals surface area contributed by atoms with Crippen molar-refractivity contribution in [1.29, 1.82) is 0 Å². The summed E-state index contributed by atoms with van der Waals surface area (Å²) in [5.74, 6) is 0.747. The van der Waals surface area contributed by atoms with Gasteiger partial charge in [0.15, 0.2) is 0 Å². The Hall–Kier alpha value is -2.53. The molecule has 3 aromatic rings. The van der Waals surface area contributed by atoms with Gasteiger partial charge in [0.05, 0.1) is 11.1 Å². The molecule has 140 valence electrons. The lowest BCUT2D eigenvalue weighted by atomic mass is 9.85. The zero-order valence-electron chi connectivity index (χ0n) is 16.1. The predicted octanol–water partition coefficient (Wildman–Crippen LogP) is 5.19. The Kier molecular flexibility index (Phi) is 5.42. The van der Waals surface area contributed by atoms with Crippen molar-refractivity contribution >= 4 is 34.3 Å². The second-order valence-electron chi connectivity index (χ2n) is 7.44. The Morgan fingerprint density at radius 1 is 1.11 bits per heavy atom. The van der Waals surface area contributed by atoms with Crippen molar-refractivity contribution in [2.24, 2.45) is 0 Å². The van der Waals surface area contributed by atoms with E-state index in [-0.39, 0.29) is 16.9 Å². The van der Waals surface area contributed by atoms with Crippen molar-refractivity contribution in [2.45, 2.75) is 38.0 Å². The molecule has 0 atom stereocenters. The number of fused-ring (bicyclic) bond motifs is 1. The fraction of sp³-hybridized carbons (Fsp3) is 0.273. The van der Waals surface area contributed by atoms with E-state index in [0.717, 1.165) is 27.1 Å². The zero-order chi connectivity index (χ0) is 19.6. The second kappa shape index (κ2) is 7.61. The highest BCUT2D eigenvalue weighted by molar-refractivity contribution is 7.99. The van der Waals surface area contributed by atoms with Crippen molar-refractivity contribution in [1.82, 2.24) is 4.98 Å². The Morgan fingerprint density at radius 2 is 1.85 bits per heavy atom. The van der Waals surface area contributed by atoms with Crippen molar-refractivity contribution in [3.05, 3.63) is 70.0 Å². The SMILES string of the molecule is CCSc1ccccc1C(=O)Nc1ccc2c(C(C)(C)C)cc(=O)[nH]c2c1. The largest absolute Gasteiger partial charge is 0.322 e. The Morgan fingerprint density at radius 3 is 2.56 bits per heavy atom. The predicted molar refractivity (Wildman–Crippen MR) is 114 cm³/mol. The first-order valence-electron chi connectivity index (χ1n) is 9.00. The third kappa shape index (κ3) is 4.25. The van der Waals surface area contributed by atoms with Crippen LogP contribution in [0.4, 0.5) is 5.69 Å². The number of benzene rings is 2. The number of pyridine rings is 1. The molecule has 0 bridgehead atoms. The third-order valence-electron chi connectivity index (χ3n) is 4.34. The van der Waals surface area contributed by atoms with Crippen LogP contribution in [0.5, 0.6) is 0 Å². The molecule has 3 rings (SSSR count). The number of carbonyl (C=O) groups is 1. The fourth-order valence-electron chi connectivity index (χ4n) is 3.09. The number of nitrogens with one attached hydrogen (secondary N) is 2. The van der Waals surface area contributed by atoms with E-state index in [1.165, 1.54) is 0 Å². The summed E-state index contributed by atoms with van der Waals surface area (Å²) < 4.78 is 0. The van der Waals surface area contributed by atoms with Crippen LogP contribution in [0.2, 0.25) is 0 Å². The molecule has 0 aliphatic rings. The van der Waals surface area contributed by atoms with E-state index in [1.54, 1.807) is 17.8 Å². The molecule has 1 heterocycles. The summed E-state index contributed by atoms with van der Waals surface area (Å²) in [6.45, 7) is 8.31. The summed E-state index contributed by atoms with van der Waals surface area (Å²) in [6, 6.07) is 14.9. The standard InChI is InChI=1S/C22H24N2O2S/c1-5-27-19-9-7-6-8-16(19)21(26)23-14-10-11-15-17(22(2,3)4)13-20(25)24-18(15)12-14/h6-13H,5H2,1-4H3,(H,23,26)(H,24,25). The van der Waals surface area contributed by atoms with Gasteiger partial charge >= 0.3 is 0 Å². The minimum Gasteiger partial charge on any atom is -0.322 e. The molecule has 0 aliphatic heterocycles. The molecule has 0 spiro atoms. The number of amides is 1. The van der Waals surface area contributed by atoms with Gasteiger partial charge in [-0.25, -0.2) is 0 Å². The van der Waals surface area contributed by atoms with Crippen LogP contribution < -0.4 is 10.9 Å². The summed E-state index contributed by atoms with van der Waals surface area (Å²) in [5.41, 5.74) is 2.74. The normalized spacial score (nSPS) is 11.6. The molecule has 2 aromatic carbocycles. The van der Waals surface area contributed by atoms with E-state index < -0.39 is 0 Å². The molecule has 1 aromatic heterocycles. The summed E-state index contributed by atoms with van der Waals surface area (Å²) in [6.07, 6.45) is 0. The number of aromatic nitrogens is 1. The van der Waals surface area contributed by atoms with Crippen LogP contribution in [0.25, 0.3) is 10.9 Å². The average Bonchev–Trinajstić information content (AvgIpc) is 2.60. The number of thioether (sulfide) groups is 1. The lowest BCUT2D eigenvalue weighted by Gasteiger charge is -2.21. The van der Waals surface area contributed by atoms with E-state index in [0.29, 0.717) is 11.3 Å². The molecule has 0 fully saturated rings. The monoisotopic (exact) mass is 380 g/mol. The molecule has 5 heteroatoms. The number of carbonyl (C=O) groups excluding carboxylic acids is 1. The quantitative estimate of drug-likeness (QED) is 0.612. The number of aromatic amines is 1. The molecule has 4 nitrogen and oxygen atoms in total. The lowest BCUT2D eigenvalue weighted by molar-refractivity contribution is 0.102. The van der Waals surface area contributed by atoms with E-state index in [2.05, 4.69) is 38.0 Å². The Labute approximate surface area is 163 Å². The summed E-state index contributed by atoms with van der Waals surface area (Å²) in [5, 5.41) is 3.94. The van der Waals surface area contributed by atoms with Gasteiger partial charge in [-0.15, -0.1) is 11.8 Å². The number of rotatable bonds is 4. The number of hydrogen-bond donors (Lipinski definition) is 2. The minimum absolute atomic E-state index is 0.138. The van der Waals surface area contributed by atoms with Gasteiger partial charge in [-0.05, 0) is 41.0 Å². The van der Waals surface area contributed by atoms with Gasteiger partial charge in [-0.2, -0.15) is 0 Å². The lowest BCUT2D eigenvalue weighted by Crippen LogP contribution is -2.17. The highest BCUT2D eigenvalue weighted by Gasteiger charge is 2.18. The molecule has 0 saturated heterocycles. The number of hydrogen-bond acceptors (Lipinski definition) is 3. The van der Waals surface area contributed by atoms with Gasteiger partial charge in [0.25, 0.3) is 5.91 Å². The van der Waals surface area contributed by atoms with Crippen LogP contribution in [0.3, 0.4) is 0 Å². The molecular formula is C22H24N2O2S. The summed E-state index contributed by atoms with van der Waals surface area (Å²) >= 11 is 1.64. The number of anilines is 1. The first-order chi connectivity index (χ1) is 12.8. The van der Waals surface area contributed by atoms with Crippen LogP contribution in [-0.4, -0.2) is 16.6 Å².